The summed E-state index contributed by atoms with van der Waals surface area (Å²) in [6.07, 6.45) is 12.5. The smallest absolute Gasteiger partial charge is 0.197 e. The van der Waals surface area contributed by atoms with Crippen LogP contribution in [0.5, 0.6) is 0 Å². The maximum Gasteiger partial charge on any atom is 0.197 e. The Morgan fingerprint density at radius 1 is 0.697 bits per heavy atom. The third kappa shape index (κ3) is 6.81. The van der Waals surface area contributed by atoms with Crippen LogP contribution in [-0.2, 0) is 17.3 Å². The summed E-state index contributed by atoms with van der Waals surface area (Å²) in [6, 6.07) is 39.5. The molecule has 1 aliphatic heterocycles. The lowest BCUT2D eigenvalue weighted by atomic mass is 9.56. The van der Waals surface area contributed by atoms with Crippen molar-refractivity contribution in [3.05, 3.63) is 172 Å². The van der Waals surface area contributed by atoms with Gasteiger partial charge in [0.15, 0.2) is 7.28 Å². The highest BCUT2D eigenvalue weighted by Gasteiger charge is 2.41. The monoisotopic (exact) mass is 862 g/mol. The van der Waals surface area contributed by atoms with Gasteiger partial charge in [0.05, 0.1) is 11.0 Å². The van der Waals surface area contributed by atoms with Crippen LogP contribution in [0, 0.1) is 10.8 Å². The number of hydrogen-bond acceptors (Lipinski definition) is 1. The van der Waals surface area contributed by atoms with Crippen molar-refractivity contribution in [3.63, 3.8) is 0 Å². The number of aromatic amines is 1. The summed E-state index contributed by atoms with van der Waals surface area (Å²) in [4.78, 5) is 6.75. The van der Waals surface area contributed by atoms with Gasteiger partial charge in [0, 0.05) is 45.2 Å². The first kappa shape index (κ1) is 42.8. The molecule has 6 aromatic carbocycles. The number of fused-ring (bicyclic) bond motifs is 11. The van der Waals surface area contributed by atoms with Crippen molar-refractivity contribution in [2.45, 2.75) is 125 Å². The number of rotatable bonds is 7. The minimum Gasteiger partial charge on any atom is -0.353 e. The molecule has 0 saturated carbocycles. The molecule has 66 heavy (non-hydrogen) atoms. The first-order valence-electron chi connectivity index (χ1n) is 24.7. The van der Waals surface area contributed by atoms with E-state index < -0.39 is 0 Å². The molecule has 1 N–H and O–H groups in total. The van der Waals surface area contributed by atoms with E-state index in [9.17, 15) is 0 Å². The van der Waals surface area contributed by atoms with Gasteiger partial charge < -0.3 is 9.88 Å². The molecule has 11 rings (SSSR count). The summed E-state index contributed by atoms with van der Waals surface area (Å²) in [6.45, 7) is 29.0. The lowest BCUT2D eigenvalue weighted by Crippen LogP contribution is -2.38. The zero-order valence-electron chi connectivity index (χ0n) is 41.2. The SMILES string of the molecule is C=CC1=C(C2=C(C)CCC(C(C)(C)CCC(C)(C)C)=C2)N(c2ccc3c(c2)C(C)(C)CCC3(C)C)c2c(c(-c3cccc4c3[nH]c3c5ccccc5ccc43)cc3c2Cc2ccccc2-3)[B]1. The number of para-hydroxylation sites is 1. The van der Waals surface area contributed by atoms with Crippen LogP contribution in [0.25, 0.3) is 54.8 Å². The van der Waals surface area contributed by atoms with Crippen LogP contribution in [0.3, 0.4) is 0 Å². The maximum atomic E-state index is 4.64. The van der Waals surface area contributed by atoms with Crippen molar-refractivity contribution >= 4 is 56.7 Å². The van der Waals surface area contributed by atoms with E-state index in [2.05, 4.69) is 208 Å². The van der Waals surface area contributed by atoms with Crippen LogP contribution in [0.2, 0.25) is 0 Å². The van der Waals surface area contributed by atoms with E-state index in [1.54, 1.807) is 5.57 Å². The number of nitrogens with zero attached hydrogens (tertiary/aromatic N) is 1. The summed E-state index contributed by atoms with van der Waals surface area (Å²) in [5.41, 5.74) is 24.4. The average molecular weight is 862 g/mol. The Hall–Kier alpha value is -5.80. The van der Waals surface area contributed by atoms with E-state index in [0.717, 1.165) is 19.3 Å². The Labute approximate surface area is 394 Å². The van der Waals surface area contributed by atoms with Crippen molar-refractivity contribution in [1.82, 2.24) is 4.98 Å². The largest absolute Gasteiger partial charge is 0.353 e. The Bertz CT molecular complexity index is 3290. The lowest BCUT2D eigenvalue weighted by Gasteiger charge is -2.44. The second kappa shape index (κ2) is 15.1. The quantitative estimate of drug-likeness (QED) is 0.158. The highest BCUT2D eigenvalue weighted by atomic mass is 15.2. The molecule has 0 unspecified atom stereocenters. The number of H-pyrrole nitrogens is 1. The van der Waals surface area contributed by atoms with Gasteiger partial charge in [0.2, 0.25) is 0 Å². The zero-order chi connectivity index (χ0) is 46.1. The molecule has 0 atom stereocenters. The predicted molar refractivity (Wildman–Crippen MR) is 286 cm³/mol. The molecule has 3 heteroatoms. The molecule has 4 aliphatic rings. The third-order valence-electron chi connectivity index (χ3n) is 16.5. The Morgan fingerprint density at radius 3 is 2.20 bits per heavy atom. The van der Waals surface area contributed by atoms with Gasteiger partial charge in [-0.15, -0.1) is 0 Å². The molecule has 0 spiro atoms. The number of benzene rings is 6. The van der Waals surface area contributed by atoms with Crippen molar-refractivity contribution < 1.29 is 0 Å². The first-order valence-corrected chi connectivity index (χ1v) is 24.7. The van der Waals surface area contributed by atoms with Gasteiger partial charge in [-0.05, 0) is 141 Å². The normalized spacial score (nSPS) is 17.7. The van der Waals surface area contributed by atoms with Gasteiger partial charge in [-0.3, -0.25) is 0 Å². The minimum atomic E-state index is 0.0520. The molecule has 331 valence electrons. The molecule has 2 nitrogen and oxygen atoms in total. The summed E-state index contributed by atoms with van der Waals surface area (Å²) < 4.78 is 0. The fourth-order valence-corrected chi connectivity index (χ4v) is 12.1. The van der Waals surface area contributed by atoms with Crippen molar-refractivity contribution in [3.8, 4) is 22.3 Å². The number of aromatic nitrogens is 1. The molecule has 0 bridgehead atoms. The summed E-state index contributed by atoms with van der Waals surface area (Å²) in [5.74, 6) is 0. The molecular formula is C63H66BN2. The van der Waals surface area contributed by atoms with Crippen LogP contribution in [0.1, 0.15) is 130 Å². The Kier molecular flexibility index (Phi) is 9.80. The molecule has 3 aliphatic carbocycles. The molecule has 1 aromatic heterocycles. The van der Waals surface area contributed by atoms with Crippen LogP contribution in [0.4, 0.5) is 11.4 Å². The van der Waals surface area contributed by atoms with E-state index in [1.807, 2.05) is 0 Å². The van der Waals surface area contributed by atoms with Crippen molar-refractivity contribution in [2.24, 2.45) is 10.8 Å². The second-order valence-electron chi connectivity index (χ2n) is 23.4. The fraction of sp³-hybridized carbons (Fsp3) is 0.333. The molecular weight excluding hydrogens is 796 g/mol. The highest BCUT2D eigenvalue weighted by molar-refractivity contribution is 6.67. The topological polar surface area (TPSA) is 19.0 Å². The number of nitrogens with one attached hydrogen (secondary N) is 1. The highest BCUT2D eigenvalue weighted by Crippen LogP contribution is 2.53. The molecule has 1 radical (unpaired) electrons. The number of allylic oxidation sites excluding steroid dienone is 5. The van der Waals surface area contributed by atoms with Gasteiger partial charge in [-0.25, -0.2) is 0 Å². The van der Waals surface area contributed by atoms with E-state index in [1.165, 1.54) is 142 Å². The zero-order valence-corrected chi connectivity index (χ0v) is 41.2. The molecule has 0 amide bonds. The molecule has 0 saturated heterocycles. The number of anilines is 2. The molecule has 2 heterocycles. The van der Waals surface area contributed by atoms with Crippen LogP contribution in [-0.4, -0.2) is 12.3 Å². The maximum absolute atomic E-state index is 4.64. The van der Waals surface area contributed by atoms with E-state index in [0.29, 0.717) is 0 Å². The Morgan fingerprint density at radius 2 is 1.41 bits per heavy atom. The van der Waals surface area contributed by atoms with Gasteiger partial charge in [-0.1, -0.05) is 183 Å². The van der Waals surface area contributed by atoms with Crippen LogP contribution >= 0.6 is 0 Å². The van der Waals surface area contributed by atoms with Crippen LogP contribution in [0.15, 0.2) is 150 Å². The summed E-state index contributed by atoms with van der Waals surface area (Å²) in [7, 11) is 2.50. The van der Waals surface area contributed by atoms with Gasteiger partial charge in [0.25, 0.3) is 0 Å². The third-order valence-corrected chi connectivity index (χ3v) is 16.5. The average Bonchev–Trinajstić information content (AvgIpc) is 3.88. The standard InChI is InChI=1S/C63H66BN2/c1-12-54-58(48-35-41(26-24-38(48)2)61(6,7)31-30-60(3,4)5)66(42-27-29-52-53(36-42)63(10,11)33-32-62(52,8)9)59-51-34-40-19-14-15-20-43(40)49(51)37-50(55(59)64-54)46-23-17-22-45-47-28-25-39-18-13-16-21-44(39)56(47)65-57(45)46/h12-23,25,27-29,35-37,65H,1,24,26,30-34H2,2-11H3. The molecule has 7 aromatic rings. The Balaban J connectivity index is 1.22. The van der Waals surface area contributed by atoms with Crippen molar-refractivity contribution in [2.75, 3.05) is 4.90 Å². The van der Waals surface area contributed by atoms with Crippen molar-refractivity contribution in [1.29, 1.82) is 0 Å². The second-order valence-corrected chi connectivity index (χ2v) is 23.4. The number of hydrogen-bond donors (Lipinski definition) is 1. The minimum absolute atomic E-state index is 0.0520. The van der Waals surface area contributed by atoms with E-state index in [-0.39, 0.29) is 21.7 Å². The van der Waals surface area contributed by atoms with E-state index in [4.69, 9.17) is 0 Å². The van der Waals surface area contributed by atoms with Gasteiger partial charge >= 0.3 is 0 Å². The van der Waals surface area contributed by atoms with Gasteiger partial charge in [-0.2, -0.15) is 0 Å². The predicted octanol–water partition coefficient (Wildman–Crippen LogP) is 16.8. The van der Waals surface area contributed by atoms with Crippen LogP contribution < -0.4 is 10.4 Å². The summed E-state index contributed by atoms with van der Waals surface area (Å²) >= 11 is 0. The fourth-order valence-electron chi connectivity index (χ4n) is 12.1. The molecule has 0 fully saturated rings. The lowest BCUT2D eigenvalue weighted by molar-refractivity contribution is 0.284. The summed E-state index contributed by atoms with van der Waals surface area (Å²) in [5, 5.41) is 5.02. The first-order chi connectivity index (χ1) is 31.4. The van der Waals surface area contributed by atoms with E-state index >= 15 is 0 Å². The van der Waals surface area contributed by atoms with Gasteiger partial charge in [0.1, 0.15) is 0 Å².